The van der Waals surface area contributed by atoms with Gasteiger partial charge < -0.3 is 10.5 Å². The van der Waals surface area contributed by atoms with Crippen molar-refractivity contribution < 1.29 is 13.2 Å². The number of anilines is 1. The molecule has 0 heterocycles. The Hall–Kier alpha value is -1.27. The number of rotatable bonds is 5. The van der Waals surface area contributed by atoms with Gasteiger partial charge in [-0.3, -0.25) is 0 Å². The summed E-state index contributed by atoms with van der Waals surface area (Å²) < 4.78 is 31.6. The van der Waals surface area contributed by atoms with Crippen LogP contribution in [-0.4, -0.2) is 21.3 Å². The quantitative estimate of drug-likeness (QED) is 0.808. The van der Waals surface area contributed by atoms with Gasteiger partial charge in [0.15, 0.2) is 0 Å². The summed E-state index contributed by atoms with van der Waals surface area (Å²) >= 11 is 0. The van der Waals surface area contributed by atoms with Crippen molar-refractivity contribution in [2.45, 2.75) is 27.3 Å². The lowest BCUT2D eigenvalue weighted by Gasteiger charge is -2.18. The predicted molar refractivity (Wildman–Crippen MR) is 77.5 cm³/mol. The number of ether oxygens (including phenoxy) is 1. The van der Waals surface area contributed by atoms with E-state index in [-0.39, 0.29) is 17.7 Å². The van der Waals surface area contributed by atoms with E-state index < -0.39 is 10.0 Å². The second-order valence-corrected chi connectivity index (χ2v) is 7.52. The molecule has 0 bridgehead atoms. The number of hydrogen-bond acceptors (Lipinski definition) is 4. The van der Waals surface area contributed by atoms with Gasteiger partial charge in [-0.05, 0) is 23.6 Å². The van der Waals surface area contributed by atoms with Gasteiger partial charge in [-0.1, -0.05) is 20.8 Å². The highest BCUT2D eigenvalue weighted by molar-refractivity contribution is 7.89. The van der Waals surface area contributed by atoms with E-state index in [9.17, 15) is 8.42 Å². The largest absolute Gasteiger partial charge is 0.496 e. The van der Waals surface area contributed by atoms with Gasteiger partial charge in [0.1, 0.15) is 5.75 Å². The molecule has 1 aromatic carbocycles. The Morgan fingerprint density at radius 3 is 2.47 bits per heavy atom. The zero-order valence-electron chi connectivity index (χ0n) is 11.9. The van der Waals surface area contributed by atoms with Gasteiger partial charge in [-0.25, -0.2) is 13.1 Å². The third kappa shape index (κ3) is 5.48. The van der Waals surface area contributed by atoms with Crippen molar-refractivity contribution in [3.63, 3.8) is 0 Å². The second kappa shape index (κ2) is 5.79. The Kier molecular flexibility index (Phi) is 4.81. The van der Waals surface area contributed by atoms with E-state index in [2.05, 4.69) is 4.72 Å². The number of nitrogen functional groups attached to an aromatic ring is 1. The molecule has 0 saturated heterocycles. The molecule has 0 unspecified atom stereocenters. The number of sulfonamides is 1. The minimum Gasteiger partial charge on any atom is -0.496 e. The lowest BCUT2D eigenvalue weighted by atomic mass is 10.0. The Morgan fingerprint density at radius 1 is 1.32 bits per heavy atom. The summed E-state index contributed by atoms with van der Waals surface area (Å²) in [6.07, 6.45) is 0. The highest BCUT2D eigenvalue weighted by Gasteiger charge is 2.21. The molecule has 0 spiro atoms. The van der Waals surface area contributed by atoms with Crippen molar-refractivity contribution in [3.05, 3.63) is 23.8 Å². The fourth-order valence-electron chi connectivity index (χ4n) is 1.75. The first-order chi connectivity index (χ1) is 8.63. The summed E-state index contributed by atoms with van der Waals surface area (Å²) in [5.74, 6) is 0.692. The summed E-state index contributed by atoms with van der Waals surface area (Å²) in [6, 6.07) is 5.15. The average molecular weight is 286 g/mol. The molecular formula is C13H22N2O3S. The summed E-state index contributed by atoms with van der Waals surface area (Å²) in [5, 5.41) is 0. The van der Waals surface area contributed by atoms with Gasteiger partial charge in [0, 0.05) is 17.8 Å². The number of methoxy groups -OCH3 is 1. The molecule has 0 aromatic heterocycles. The minimum absolute atomic E-state index is 0.0740. The van der Waals surface area contributed by atoms with E-state index in [0.717, 1.165) is 5.56 Å². The van der Waals surface area contributed by atoms with Gasteiger partial charge in [0.05, 0.1) is 12.9 Å². The van der Waals surface area contributed by atoms with Crippen LogP contribution in [0.25, 0.3) is 0 Å². The monoisotopic (exact) mass is 286 g/mol. The van der Waals surface area contributed by atoms with Crippen molar-refractivity contribution >= 4 is 15.7 Å². The molecule has 0 saturated carbocycles. The zero-order valence-corrected chi connectivity index (χ0v) is 12.7. The van der Waals surface area contributed by atoms with E-state index in [1.54, 1.807) is 25.3 Å². The number of nitrogens with two attached hydrogens (primary N) is 1. The second-order valence-electron chi connectivity index (χ2n) is 5.71. The van der Waals surface area contributed by atoms with E-state index in [1.165, 1.54) is 0 Å². The molecule has 5 nitrogen and oxygen atoms in total. The Balaban J connectivity index is 2.79. The summed E-state index contributed by atoms with van der Waals surface area (Å²) in [5.41, 5.74) is 6.70. The summed E-state index contributed by atoms with van der Waals surface area (Å²) in [7, 11) is -1.78. The lowest BCUT2D eigenvalue weighted by Crippen LogP contribution is -2.32. The fraction of sp³-hybridized carbons (Fsp3) is 0.538. The van der Waals surface area contributed by atoms with Crippen molar-refractivity contribution in [1.29, 1.82) is 0 Å². The first kappa shape index (κ1) is 15.8. The van der Waals surface area contributed by atoms with Crippen molar-refractivity contribution in [1.82, 2.24) is 4.72 Å². The molecule has 108 valence electrons. The third-order valence-electron chi connectivity index (χ3n) is 2.41. The van der Waals surface area contributed by atoms with E-state index in [1.807, 2.05) is 20.8 Å². The van der Waals surface area contributed by atoms with Crippen LogP contribution in [0.1, 0.15) is 26.3 Å². The van der Waals surface area contributed by atoms with Crippen LogP contribution < -0.4 is 15.2 Å². The van der Waals surface area contributed by atoms with Gasteiger partial charge in [0.2, 0.25) is 10.0 Å². The normalized spacial score (nSPS) is 12.4. The Bertz CT molecular complexity index is 533. The van der Waals surface area contributed by atoms with Crippen molar-refractivity contribution in [2.75, 3.05) is 18.6 Å². The van der Waals surface area contributed by atoms with E-state index >= 15 is 0 Å². The third-order valence-corrected chi connectivity index (χ3v) is 4.24. The summed E-state index contributed by atoms with van der Waals surface area (Å²) in [6.45, 7) is 5.82. The highest BCUT2D eigenvalue weighted by Crippen LogP contribution is 2.21. The van der Waals surface area contributed by atoms with Crippen LogP contribution >= 0.6 is 0 Å². The molecule has 0 radical (unpaired) electrons. The van der Waals surface area contributed by atoms with E-state index in [0.29, 0.717) is 11.4 Å². The first-order valence-electron chi connectivity index (χ1n) is 6.03. The molecule has 1 rings (SSSR count). The van der Waals surface area contributed by atoms with Crippen LogP contribution in [0.3, 0.4) is 0 Å². The smallest absolute Gasteiger partial charge is 0.212 e. The molecule has 0 aliphatic heterocycles. The molecule has 1 aromatic rings. The Morgan fingerprint density at radius 2 is 1.95 bits per heavy atom. The highest BCUT2D eigenvalue weighted by atomic mass is 32.2. The maximum atomic E-state index is 11.9. The summed E-state index contributed by atoms with van der Waals surface area (Å²) in [4.78, 5) is 0. The zero-order chi connectivity index (χ0) is 14.7. The molecule has 19 heavy (non-hydrogen) atoms. The van der Waals surface area contributed by atoms with Crippen LogP contribution in [0, 0.1) is 5.41 Å². The van der Waals surface area contributed by atoms with Crippen LogP contribution in [-0.2, 0) is 16.6 Å². The Labute approximate surface area is 115 Å². The maximum Gasteiger partial charge on any atom is 0.212 e. The van der Waals surface area contributed by atoms with Crippen LogP contribution in [0.15, 0.2) is 18.2 Å². The molecular weight excluding hydrogens is 264 g/mol. The van der Waals surface area contributed by atoms with Gasteiger partial charge >= 0.3 is 0 Å². The topological polar surface area (TPSA) is 81.4 Å². The standard InChI is InChI=1S/C13H22N2O3S/c1-13(2,3)9-19(16,17)15-8-10-7-11(14)5-6-12(10)18-4/h5-7,15H,8-9,14H2,1-4H3. The van der Waals surface area contributed by atoms with Gasteiger partial charge in [-0.2, -0.15) is 0 Å². The number of benzene rings is 1. The molecule has 3 N–H and O–H groups in total. The SMILES string of the molecule is COc1ccc(N)cc1CNS(=O)(=O)CC(C)(C)C. The fourth-order valence-corrected chi connectivity index (χ4v) is 3.36. The van der Waals surface area contributed by atoms with E-state index in [4.69, 9.17) is 10.5 Å². The van der Waals surface area contributed by atoms with Crippen LogP contribution in [0.5, 0.6) is 5.75 Å². The van der Waals surface area contributed by atoms with Gasteiger partial charge in [-0.15, -0.1) is 0 Å². The molecule has 0 fully saturated rings. The van der Waals surface area contributed by atoms with Crippen molar-refractivity contribution in [3.8, 4) is 5.75 Å². The lowest BCUT2D eigenvalue weighted by molar-refractivity contribution is 0.409. The molecule has 0 amide bonds. The number of nitrogens with one attached hydrogen (secondary N) is 1. The molecule has 0 atom stereocenters. The molecule has 0 aliphatic rings. The van der Waals surface area contributed by atoms with Crippen LogP contribution in [0.4, 0.5) is 5.69 Å². The van der Waals surface area contributed by atoms with Crippen LogP contribution in [0.2, 0.25) is 0 Å². The predicted octanol–water partition coefficient (Wildman–Crippen LogP) is 1.74. The maximum absolute atomic E-state index is 11.9. The molecule has 6 heteroatoms. The van der Waals surface area contributed by atoms with Crippen molar-refractivity contribution in [2.24, 2.45) is 5.41 Å². The van der Waals surface area contributed by atoms with Gasteiger partial charge in [0.25, 0.3) is 0 Å². The number of hydrogen-bond donors (Lipinski definition) is 2. The average Bonchev–Trinajstić information content (AvgIpc) is 2.23. The molecule has 0 aliphatic carbocycles. The first-order valence-corrected chi connectivity index (χ1v) is 7.68. The minimum atomic E-state index is -3.32.